The van der Waals surface area contributed by atoms with Crippen molar-refractivity contribution in [3.63, 3.8) is 0 Å². The van der Waals surface area contributed by atoms with Gasteiger partial charge in [0.15, 0.2) is 11.6 Å². The van der Waals surface area contributed by atoms with Crippen molar-refractivity contribution in [1.29, 1.82) is 0 Å². The van der Waals surface area contributed by atoms with Gasteiger partial charge in [-0.1, -0.05) is 17.7 Å². The lowest BCUT2D eigenvalue weighted by Gasteiger charge is -2.15. The third-order valence-corrected chi connectivity index (χ3v) is 2.78. The van der Waals surface area contributed by atoms with E-state index >= 15 is 0 Å². The molecule has 0 aliphatic heterocycles. The largest absolute Gasteiger partial charge is 0.422 e. The molecule has 2 rings (SSSR count). The van der Waals surface area contributed by atoms with Gasteiger partial charge in [-0.3, -0.25) is 0 Å². The molecule has 0 atom stereocenters. The number of alkyl halides is 2. The molecule has 0 bridgehead atoms. The molecule has 0 fully saturated rings. The SMILES string of the molecule is O=C(Oc1cccc(Cl)c1)C(F)(F)c1ccc(F)c(F)c1. The lowest BCUT2D eigenvalue weighted by molar-refractivity contribution is -0.163. The Bertz CT molecular complexity index is 688. The summed E-state index contributed by atoms with van der Waals surface area (Å²) < 4.78 is 57.9. The van der Waals surface area contributed by atoms with Gasteiger partial charge in [-0.25, -0.2) is 13.6 Å². The summed E-state index contributed by atoms with van der Waals surface area (Å²) in [5.74, 6) is -9.01. The Hall–Kier alpha value is -2.08. The second-order valence-electron chi connectivity index (χ2n) is 4.05. The van der Waals surface area contributed by atoms with Gasteiger partial charge in [-0.05, 0) is 36.4 Å². The van der Waals surface area contributed by atoms with E-state index in [1.54, 1.807) is 0 Å². The van der Waals surface area contributed by atoms with Gasteiger partial charge < -0.3 is 4.74 Å². The van der Waals surface area contributed by atoms with Crippen LogP contribution < -0.4 is 4.74 Å². The summed E-state index contributed by atoms with van der Waals surface area (Å²) in [6.45, 7) is 0. The summed E-state index contributed by atoms with van der Waals surface area (Å²) in [5, 5.41) is 0.191. The van der Waals surface area contributed by atoms with Crippen LogP contribution in [0.15, 0.2) is 42.5 Å². The Morgan fingerprint density at radius 3 is 2.38 bits per heavy atom. The Morgan fingerprint density at radius 1 is 1.05 bits per heavy atom. The van der Waals surface area contributed by atoms with Gasteiger partial charge in [0.1, 0.15) is 5.75 Å². The van der Waals surface area contributed by atoms with Crippen molar-refractivity contribution in [3.05, 3.63) is 64.7 Å². The molecule has 110 valence electrons. The van der Waals surface area contributed by atoms with Crippen LogP contribution in [0.1, 0.15) is 5.56 Å². The van der Waals surface area contributed by atoms with E-state index in [0.29, 0.717) is 12.1 Å². The number of ether oxygens (including phenoxy) is 1. The Kier molecular flexibility index (Phi) is 4.18. The first kappa shape index (κ1) is 15.3. The lowest BCUT2D eigenvalue weighted by atomic mass is 10.1. The summed E-state index contributed by atoms with van der Waals surface area (Å²) in [6, 6.07) is 6.65. The van der Waals surface area contributed by atoms with Crippen molar-refractivity contribution in [1.82, 2.24) is 0 Å². The molecule has 0 N–H and O–H groups in total. The van der Waals surface area contributed by atoms with E-state index in [-0.39, 0.29) is 16.8 Å². The first-order valence-electron chi connectivity index (χ1n) is 5.62. The van der Waals surface area contributed by atoms with E-state index in [4.69, 9.17) is 11.6 Å². The summed E-state index contributed by atoms with van der Waals surface area (Å²) in [4.78, 5) is 11.5. The van der Waals surface area contributed by atoms with E-state index in [0.717, 1.165) is 0 Å². The highest BCUT2D eigenvalue weighted by Gasteiger charge is 2.43. The Morgan fingerprint density at radius 2 is 1.76 bits per heavy atom. The number of rotatable bonds is 3. The third kappa shape index (κ3) is 3.33. The third-order valence-electron chi connectivity index (χ3n) is 2.55. The van der Waals surface area contributed by atoms with Crippen molar-refractivity contribution in [2.75, 3.05) is 0 Å². The number of halogens is 5. The van der Waals surface area contributed by atoms with Gasteiger partial charge in [0, 0.05) is 10.6 Å². The maximum Gasteiger partial charge on any atom is 0.387 e. The minimum absolute atomic E-state index is 0.185. The highest BCUT2D eigenvalue weighted by molar-refractivity contribution is 6.30. The van der Waals surface area contributed by atoms with Gasteiger partial charge >= 0.3 is 11.9 Å². The van der Waals surface area contributed by atoms with Gasteiger partial charge in [0.05, 0.1) is 0 Å². The minimum Gasteiger partial charge on any atom is -0.422 e. The predicted octanol–water partition coefficient (Wildman–Crippen LogP) is 4.32. The van der Waals surface area contributed by atoms with E-state index < -0.39 is 29.1 Å². The summed E-state index contributed by atoms with van der Waals surface area (Å²) in [6.07, 6.45) is 0. The molecular weight excluding hydrogens is 312 g/mol. The Labute approximate surface area is 121 Å². The zero-order chi connectivity index (χ0) is 15.6. The van der Waals surface area contributed by atoms with Crippen LogP contribution in [0.3, 0.4) is 0 Å². The van der Waals surface area contributed by atoms with E-state index in [1.165, 1.54) is 24.3 Å². The lowest BCUT2D eigenvalue weighted by Crippen LogP contribution is -2.30. The molecule has 2 aromatic carbocycles. The van der Waals surface area contributed by atoms with Crippen molar-refractivity contribution in [2.24, 2.45) is 0 Å². The van der Waals surface area contributed by atoms with Crippen molar-refractivity contribution in [3.8, 4) is 5.75 Å². The van der Waals surface area contributed by atoms with Crippen LogP contribution in [0.5, 0.6) is 5.75 Å². The number of carbonyl (C=O) groups excluding carboxylic acids is 1. The number of hydrogen-bond acceptors (Lipinski definition) is 2. The molecule has 0 spiro atoms. The normalized spacial score (nSPS) is 11.3. The average Bonchev–Trinajstić information content (AvgIpc) is 2.41. The van der Waals surface area contributed by atoms with Gasteiger partial charge in [-0.15, -0.1) is 0 Å². The number of esters is 1. The molecule has 0 heterocycles. The molecule has 21 heavy (non-hydrogen) atoms. The smallest absolute Gasteiger partial charge is 0.387 e. The summed E-state index contributed by atoms with van der Waals surface area (Å²) in [7, 11) is 0. The Balaban J connectivity index is 2.25. The average molecular weight is 319 g/mol. The second-order valence-corrected chi connectivity index (χ2v) is 4.49. The molecule has 0 aromatic heterocycles. The number of benzene rings is 2. The molecule has 0 aliphatic carbocycles. The molecule has 2 aromatic rings. The molecule has 0 saturated carbocycles. The molecule has 2 nitrogen and oxygen atoms in total. The van der Waals surface area contributed by atoms with Crippen LogP contribution in [-0.2, 0) is 10.7 Å². The molecule has 0 unspecified atom stereocenters. The molecular formula is C14H7ClF4O2. The van der Waals surface area contributed by atoms with Crippen LogP contribution in [-0.4, -0.2) is 5.97 Å². The van der Waals surface area contributed by atoms with E-state index in [2.05, 4.69) is 4.74 Å². The summed E-state index contributed by atoms with van der Waals surface area (Å²) in [5.41, 5.74) is -1.01. The highest BCUT2D eigenvalue weighted by atomic mass is 35.5. The second kappa shape index (κ2) is 5.73. The van der Waals surface area contributed by atoms with E-state index in [1.807, 2.05) is 0 Å². The highest BCUT2D eigenvalue weighted by Crippen LogP contribution is 2.31. The van der Waals surface area contributed by atoms with Crippen LogP contribution in [0.25, 0.3) is 0 Å². The number of carbonyl (C=O) groups is 1. The van der Waals surface area contributed by atoms with E-state index in [9.17, 15) is 22.4 Å². The minimum atomic E-state index is -4.13. The molecule has 7 heteroatoms. The van der Waals surface area contributed by atoms with Crippen LogP contribution in [0, 0.1) is 11.6 Å². The van der Waals surface area contributed by atoms with Gasteiger partial charge in [-0.2, -0.15) is 8.78 Å². The van der Waals surface area contributed by atoms with Crippen LogP contribution in [0.4, 0.5) is 17.6 Å². The fourth-order valence-electron chi connectivity index (χ4n) is 1.51. The quantitative estimate of drug-likeness (QED) is 0.479. The number of hydrogen-bond donors (Lipinski definition) is 0. The molecule has 0 saturated heterocycles. The molecule has 0 aliphatic rings. The molecule has 0 radical (unpaired) electrons. The van der Waals surface area contributed by atoms with Crippen LogP contribution >= 0.6 is 11.6 Å². The standard InChI is InChI=1S/C14H7ClF4O2/c15-9-2-1-3-10(7-9)21-13(20)14(18,19)8-4-5-11(16)12(17)6-8/h1-7H. The van der Waals surface area contributed by atoms with Gasteiger partial charge in [0.25, 0.3) is 0 Å². The zero-order valence-corrected chi connectivity index (χ0v) is 11.0. The van der Waals surface area contributed by atoms with Gasteiger partial charge in [0.2, 0.25) is 0 Å². The summed E-state index contributed by atoms with van der Waals surface area (Å²) >= 11 is 5.63. The first-order valence-corrected chi connectivity index (χ1v) is 5.99. The predicted molar refractivity (Wildman–Crippen MR) is 67.3 cm³/mol. The maximum atomic E-state index is 13.9. The maximum absolute atomic E-state index is 13.9. The molecule has 0 amide bonds. The van der Waals surface area contributed by atoms with Crippen molar-refractivity contribution in [2.45, 2.75) is 5.92 Å². The monoisotopic (exact) mass is 318 g/mol. The fraction of sp³-hybridized carbons (Fsp3) is 0.0714. The van der Waals surface area contributed by atoms with Crippen LogP contribution in [0.2, 0.25) is 5.02 Å². The van der Waals surface area contributed by atoms with Crippen molar-refractivity contribution >= 4 is 17.6 Å². The topological polar surface area (TPSA) is 26.3 Å². The fourth-order valence-corrected chi connectivity index (χ4v) is 1.69. The zero-order valence-electron chi connectivity index (χ0n) is 10.2. The van der Waals surface area contributed by atoms with Crippen molar-refractivity contribution < 1.29 is 27.1 Å². The first-order chi connectivity index (χ1) is 9.80.